The van der Waals surface area contributed by atoms with Crippen LogP contribution < -0.4 is 4.90 Å². The van der Waals surface area contributed by atoms with E-state index in [1.807, 2.05) is 95.3 Å². The maximum atomic E-state index is 15.4. The Bertz CT molecular complexity index is 7520. The van der Waals surface area contributed by atoms with Crippen LogP contribution in [0.1, 0.15) is 162 Å². The number of ketones is 4. The van der Waals surface area contributed by atoms with Crippen LogP contribution in [0.5, 0.6) is 0 Å². The molecule has 7 aromatic heterocycles. The third kappa shape index (κ3) is 16.5. The van der Waals surface area contributed by atoms with Crippen LogP contribution >= 0.6 is 0 Å². The molecule has 0 N–H and O–H groups in total. The second-order valence-corrected chi connectivity index (χ2v) is 38.8. The summed E-state index contributed by atoms with van der Waals surface area (Å²) in [6.07, 6.45) is 14.4. The number of aryl methyl sites for hydroxylation is 1. The van der Waals surface area contributed by atoms with Crippen molar-refractivity contribution in [3.05, 3.63) is 342 Å². The number of carbonyl (C=O) groups excluding carboxylic acids is 4. The maximum absolute atomic E-state index is 15.4. The highest BCUT2D eigenvalue weighted by molar-refractivity contribution is 6.03. The van der Waals surface area contributed by atoms with Crippen LogP contribution in [0.25, 0.3) is 109 Å². The summed E-state index contributed by atoms with van der Waals surface area (Å²) < 4.78 is 106. The van der Waals surface area contributed by atoms with Gasteiger partial charge in [-0.15, -0.1) is 0 Å². The number of ether oxygens (including phenoxy) is 1. The first-order valence-electron chi connectivity index (χ1n) is 47.1. The predicted molar refractivity (Wildman–Crippen MR) is 514 cm³/mol. The van der Waals surface area contributed by atoms with Crippen molar-refractivity contribution in [3.63, 3.8) is 0 Å². The van der Waals surface area contributed by atoms with Crippen molar-refractivity contribution in [2.24, 2.45) is 47.3 Å². The second-order valence-electron chi connectivity index (χ2n) is 38.8. The van der Waals surface area contributed by atoms with E-state index in [4.69, 9.17) is 65.9 Å². The number of fused-ring (bicyclic) bond motifs is 13. The number of hydrogen-bond donors (Lipinski definition) is 0. The highest BCUT2D eigenvalue weighted by Gasteiger charge is 2.55. The Morgan fingerprint density at radius 3 is 1.18 bits per heavy atom. The van der Waals surface area contributed by atoms with Crippen LogP contribution in [0.4, 0.5) is 36.7 Å². The molecule has 10 aliphatic rings. The summed E-state index contributed by atoms with van der Waals surface area (Å²) in [5.41, 5.74) is 10.9. The molecule has 0 amide bonds. The van der Waals surface area contributed by atoms with E-state index in [1.165, 1.54) is 30.3 Å². The van der Waals surface area contributed by atoms with Crippen LogP contribution in [0, 0.1) is 104 Å². The number of morpholine rings is 1. The zero-order valence-corrected chi connectivity index (χ0v) is 78.3. The molecule has 12 atom stereocenters. The summed E-state index contributed by atoms with van der Waals surface area (Å²) in [5.74, 6) is -1.42. The van der Waals surface area contributed by atoms with Gasteiger partial charge in [-0.2, -0.15) is 13.2 Å². The number of allylic oxidation sites excluding steroid dienone is 8. The Morgan fingerprint density at radius 2 is 0.764 bits per heavy atom. The lowest BCUT2D eigenvalue weighted by molar-refractivity contribution is -0.141. The van der Waals surface area contributed by atoms with E-state index < -0.39 is 45.3 Å². The summed E-state index contributed by atoms with van der Waals surface area (Å²) in [5, 5.41) is 0.905. The number of hydrogen-bond acceptors (Lipinski definition) is 17. The van der Waals surface area contributed by atoms with Gasteiger partial charge in [-0.25, -0.2) is 76.8 Å². The SMILES string of the molecule is [C-]#[N+]C1=C[C@@]2(C)c3nc(-c4ccnc(C(F)(F)F)c4)nc(-c4ccccc4F)c3CC[C@@H]2[C@@H](C)C1=O.[C-]#[N+]C1=C[C@@]2(C)c3nc(-c4ccnc(C5CC5)c4)nc(-c4ccccc4F)c3CC[C@@H]2[C@@H](C)C1=O.[C-]#[N+]C1=C[C@@]2(C)c3nc(-c4ccnc5ccccc45)nc(-c4ccc(C)cc4F)c3CC[C@@H]2[C@@H](C)C1=O.[C-]#[N+]C1=C[C@@]2(C)c3nc(N4CCOCC4)nc(-c4ccccc4F)c3CC[C@@H]2[C@@H](C)C1=O. The van der Waals surface area contributed by atoms with Crippen molar-refractivity contribution in [2.45, 2.75) is 160 Å². The average Bonchev–Trinajstić information content (AvgIpc) is 1.72. The normalized spacial score (nSPS) is 24.6. The van der Waals surface area contributed by atoms with Crippen molar-refractivity contribution in [2.75, 3.05) is 31.2 Å². The van der Waals surface area contributed by atoms with E-state index in [-0.39, 0.29) is 122 Å². The molecule has 22 rings (SSSR count). The average molecular weight is 1880 g/mol. The number of nitrogens with zero attached hydrogens (tertiary/aromatic N) is 16. The van der Waals surface area contributed by atoms with Crippen molar-refractivity contribution < 1.29 is 54.6 Å². The summed E-state index contributed by atoms with van der Waals surface area (Å²) in [6, 6.07) is 40.5. The molecule has 0 spiro atoms. The topological polar surface area (TPSA) is 240 Å². The molecule has 5 aromatic carbocycles. The second kappa shape index (κ2) is 36.7. The molecule has 1 saturated carbocycles. The molecule has 0 bridgehead atoms. The molecule has 21 nitrogen and oxygen atoms in total. The fourth-order valence-corrected chi connectivity index (χ4v) is 23.1. The molecule has 0 unspecified atom stereocenters. The van der Waals surface area contributed by atoms with Gasteiger partial charge in [-0.3, -0.25) is 15.0 Å². The molecule has 12 aromatic rings. The zero-order chi connectivity index (χ0) is 98.5. The quantitative estimate of drug-likeness (QED) is 0.0963. The monoisotopic (exact) mass is 1880 g/mol. The van der Waals surface area contributed by atoms with Gasteiger partial charge >= 0.3 is 6.18 Å². The van der Waals surface area contributed by atoms with Gasteiger partial charge in [-0.05, 0) is 185 Å². The number of benzene rings is 5. The van der Waals surface area contributed by atoms with E-state index in [0.29, 0.717) is 133 Å². The summed E-state index contributed by atoms with van der Waals surface area (Å²) in [6.45, 7) is 50.2. The number of anilines is 1. The minimum absolute atomic E-state index is 0.00460. The number of pyridine rings is 3. The molecular formula is C112H95F7N16O5. The summed E-state index contributed by atoms with van der Waals surface area (Å²) >= 11 is 0. The Labute approximate surface area is 805 Å². The van der Waals surface area contributed by atoms with Gasteiger partial charge in [0, 0.05) is 155 Å². The van der Waals surface area contributed by atoms with Crippen molar-refractivity contribution in [1.29, 1.82) is 0 Å². The number of alkyl halides is 3. The first-order chi connectivity index (χ1) is 67.2. The summed E-state index contributed by atoms with van der Waals surface area (Å²) in [4.78, 5) is 119. The standard InChI is InChI=1S/C31H25FN4O.C29H25FN4O.C27H20F4N4O.C25H25FN4O2/c1-17-9-10-21(24(32)15-17)27-22-11-12-23-18(2)28(37)26(33-4)16-31(23,3)29(22)36-30(35-27)20-13-14-34-25-8-6-5-7-19(20)25;1-16-21-11-10-20-25(19-6-4-5-7-22(19)30)33-28(18-12-13-32-23(14-18)17-8-9-17)34-27(20)29(21,2)15-24(31-3)26(16)35;1-14-18-9-8-17-22(16-6-4-5-7-19(16)28)34-25(15-10-11-33-21(12-15)27(29,30)31)35-24(17)26(18,2)13-20(32-3)23(14)36;1-15-18-9-8-17-21(16-6-4-5-7-19(16)26)28-24(30-10-12-32-13-11-30)29-23(17)25(18,2)14-20(27-3)22(15)31/h5-10,13-16,18,23H,11-12H2,1-3H3;4-7,12-17,21H,8-11H2,1-2H3;4-7,10-14,18H,8-9H2,1-2H3;4-7,14-15,18H,8-13H2,1-2H3/t18-,23-,31-;16-,21-,29-;14-,18-,26-;15-,18-,25-/m1111/s1. The highest BCUT2D eigenvalue weighted by Crippen LogP contribution is 2.58. The smallest absolute Gasteiger partial charge is 0.378 e. The maximum Gasteiger partial charge on any atom is 0.433 e. The molecule has 702 valence electrons. The summed E-state index contributed by atoms with van der Waals surface area (Å²) in [7, 11) is 0. The number of halogens is 7. The van der Waals surface area contributed by atoms with E-state index >= 15 is 8.78 Å². The first-order valence-corrected chi connectivity index (χ1v) is 47.1. The molecule has 9 aliphatic carbocycles. The lowest BCUT2D eigenvalue weighted by Crippen LogP contribution is -2.46. The number of aromatic nitrogens is 11. The molecule has 1 saturated heterocycles. The van der Waals surface area contributed by atoms with Gasteiger partial charge < -0.3 is 28.8 Å². The van der Waals surface area contributed by atoms with Crippen LogP contribution in [-0.4, -0.2) is 104 Å². The largest absolute Gasteiger partial charge is 0.433 e. The van der Waals surface area contributed by atoms with Gasteiger partial charge in [0.1, 0.15) is 29.0 Å². The van der Waals surface area contributed by atoms with Gasteiger partial charge in [0.25, 0.3) is 0 Å². The number of carbonyl (C=O) groups is 4. The van der Waals surface area contributed by atoms with Crippen molar-refractivity contribution >= 4 is 40.0 Å². The predicted octanol–water partition coefficient (Wildman–Crippen LogP) is 22.9. The molecule has 8 heterocycles. The van der Waals surface area contributed by atoms with Crippen molar-refractivity contribution in [3.8, 4) is 79.2 Å². The molecular weight excluding hydrogens is 1780 g/mol. The van der Waals surface area contributed by atoms with Gasteiger partial charge in [0.05, 0.1) is 90.6 Å². The fraction of sp³-hybridized carbons (Fsp3) is 0.330. The van der Waals surface area contributed by atoms with E-state index in [2.05, 4.69) is 65.0 Å². The lowest BCUT2D eigenvalue weighted by Gasteiger charge is -2.46. The molecule has 1 aliphatic heterocycles. The van der Waals surface area contributed by atoms with E-state index in [0.717, 1.165) is 111 Å². The van der Waals surface area contributed by atoms with Crippen LogP contribution in [0.3, 0.4) is 0 Å². The van der Waals surface area contributed by atoms with Crippen LogP contribution in [-0.2, 0) is 77.4 Å². The van der Waals surface area contributed by atoms with Gasteiger partial charge in [-0.1, -0.05) is 140 Å². The Kier molecular flexibility index (Phi) is 24.7. The third-order valence-corrected chi connectivity index (χ3v) is 30.6. The Morgan fingerprint density at radius 1 is 0.393 bits per heavy atom. The molecule has 28 heteroatoms. The minimum Gasteiger partial charge on any atom is -0.378 e. The molecule has 140 heavy (non-hydrogen) atoms. The van der Waals surface area contributed by atoms with Gasteiger partial charge in [0.2, 0.25) is 28.7 Å². The van der Waals surface area contributed by atoms with Crippen LogP contribution in [0.15, 0.2) is 211 Å². The molecule has 0 radical (unpaired) electrons. The highest BCUT2D eigenvalue weighted by atomic mass is 19.4. The number of Topliss-reactive ketones (excluding diaryl/α,β-unsaturated/α-hetero) is 4. The third-order valence-electron chi connectivity index (χ3n) is 30.6. The number of rotatable bonds is 9. The first kappa shape index (κ1) is 94.0. The zero-order valence-electron chi connectivity index (χ0n) is 78.3. The Balaban J connectivity index is 0.000000119. The lowest BCUT2D eigenvalue weighted by atomic mass is 9.58. The van der Waals surface area contributed by atoms with Crippen LogP contribution in [0.2, 0.25) is 0 Å². The number of para-hydroxylation sites is 1. The van der Waals surface area contributed by atoms with Gasteiger partial charge in [0.15, 0.2) is 40.6 Å². The minimum atomic E-state index is -4.66. The van der Waals surface area contributed by atoms with E-state index in [1.54, 1.807) is 92.2 Å². The molecule has 2 fully saturated rings. The fourth-order valence-electron chi connectivity index (χ4n) is 23.1. The van der Waals surface area contributed by atoms with E-state index in [9.17, 15) is 41.1 Å². The Hall–Kier alpha value is -15.0. The van der Waals surface area contributed by atoms with Crippen molar-refractivity contribution in [1.82, 2.24) is 54.8 Å².